The first-order chi connectivity index (χ1) is 12.4. The molecule has 0 aromatic carbocycles. The molecule has 134 valence electrons. The van der Waals surface area contributed by atoms with Crippen molar-refractivity contribution in [3.8, 4) is 0 Å². The monoisotopic (exact) mass is 375 g/mol. The second-order valence-corrected chi connectivity index (χ2v) is 6.08. The Labute approximate surface area is 149 Å². The lowest BCUT2D eigenvalue weighted by molar-refractivity contribution is -0.117. The summed E-state index contributed by atoms with van der Waals surface area (Å²) in [5.74, 6) is -0.889. The highest BCUT2D eigenvalue weighted by Crippen LogP contribution is 2.16. The Bertz CT molecular complexity index is 1060. The van der Waals surface area contributed by atoms with Gasteiger partial charge in [-0.1, -0.05) is 0 Å². The summed E-state index contributed by atoms with van der Waals surface area (Å²) in [6.45, 7) is -0.109. The molecule has 0 radical (unpaired) electrons. The minimum atomic E-state index is -0.767. The molecule has 26 heavy (non-hydrogen) atoms. The topological polar surface area (TPSA) is 153 Å². The molecule has 2 amide bonds. The highest BCUT2D eigenvalue weighted by Gasteiger charge is 2.17. The normalized spacial score (nSPS) is 10.6. The number of nitrogens with zero attached hydrogens (tertiary/aromatic N) is 2. The van der Waals surface area contributed by atoms with Crippen molar-refractivity contribution in [1.82, 2.24) is 14.5 Å². The Morgan fingerprint density at radius 2 is 2.19 bits per heavy atom. The number of aromatic amines is 1. The fourth-order valence-corrected chi connectivity index (χ4v) is 2.87. The molecular formula is C15H13N5O5S. The van der Waals surface area contributed by atoms with Crippen LogP contribution in [0.2, 0.25) is 0 Å². The van der Waals surface area contributed by atoms with Gasteiger partial charge >= 0.3 is 5.69 Å². The molecule has 0 aliphatic rings. The number of anilines is 1. The van der Waals surface area contributed by atoms with Gasteiger partial charge in [0, 0.05) is 11.6 Å². The third-order valence-corrected chi connectivity index (χ3v) is 4.13. The predicted molar refractivity (Wildman–Crippen MR) is 92.1 cm³/mol. The first-order valence-corrected chi connectivity index (χ1v) is 8.21. The first kappa shape index (κ1) is 17.4. The summed E-state index contributed by atoms with van der Waals surface area (Å²) < 4.78 is 5.97. The summed E-state index contributed by atoms with van der Waals surface area (Å²) in [6.07, 6.45) is 2.40. The number of carbonyl (C=O) groups is 2. The molecule has 11 heteroatoms. The molecule has 10 nitrogen and oxygen atoms in total. The van der Waals surface area contributed by atoms with Gasteiger partial charge in [0.2, 0.25) is 5.91 Å². The molecule has 3 aromatic heterocycles. The number of nitrogens with two attached hydrogens (primary N) is 1. The molecule has 0 unspecified atom stereocenters. The second kappa shape index (κ2) is 7.19. The summed E-state index contributed by atoms with van der Waals surface area (Å²) >= 11 is 1.08. The molecule has 0 saturated heterocycles. The molecular weight excluding hydrogens is 362 g/mol. The SMILES string of the molecule is NC(=O)Cc1csc(NC(=O)c2c[nH]c(=O)n(Cc3ccco3)c2=O)n1. The van der Waals surface area contributed by atoms with Crippen LogP contribution >= 0.6 is 11.3 Å². The predicted octanol–water partition coefficient (Wildman–Crippen LogP) is -0.0855. The number of hydrogen-bond acceptors (Lipinski definition) is 7. The van der Waals surface area contributed by atoms with E-state index in [2.05, 4.69) is 15.3 Å². The number of H-pyrrole nitrogens is 1. The van der Waals surface area contributed by atoms with Gasteiger partial charge in [0.25, 0.3) is 11.5 Å². The van der Waals surface area contributed by atoms with Crippen LogP contribution < -0.4 is 22.3 Å². The van der Waals surface area contributed by atoms with E-state index in [9.17, 15) is 19.2 Å². The Kier molecular flexibility index (Phi) is 4.80. The maximum absolute atomic E-state index is 12.5. The van der Waals surface area contributed by atoms with E-state index in [0.29, 0.717) is 11.5 Å². The highest BCUT2D eigenvalue weighted by atomic mass is 32.1. The van der Waals surface area contributed by atoms with E-state index in [1.165, 1.54) is 6.26 Å². The van der Waals surface area contributed by atoms with Gasteiger partial charge in [-0.2, -0.15) is 0 Å². The van der Waals surface area contributed by atoms with Crippen LogP contribution in [0.5, 0.6) is 0 Å². The number of nitrogens with one attached hydrogen (secondary N) is 2. The maximum atomic E-state index is 12.5. The van der Waals surface area contributed by atoms with Crippen LogP contribution in [0.1, 0.15) is 21.8 Å². The third-order valence-electron chi connectivity index (χ3n) is 3.33. The van der Waals surface area contributed by atoms with Gasteiger partial charge in [-0.3, -0.25) is 24.3 Å². The zero-order valence-corrected chi connectivity index (χ0v) is 14.0. The molecule has 3 heterocycles. The zero-order chi connectivity index (χ0) is 18.7. The van der Waals surface area contributed by atoms with Crippen molar-refractivity contribution >= 4 is 28.3 Å². The summed E-state index contributed by atoms with van der Waals surface area (Å²) in [5.41, 5.74) is 3.80. The van der Waals surface area contributed by atoms with E-state index < -0.39 is 23.1 Å². The molecule has 0 saturated carbocycles. The van der Waals surface area contributed by atoms with Crippen molar-refractivity contribution in [2.75, 3.05) is 5.32 Å². The smallest absolute Gasteiger partial charge is 0.328 e. The van der Waals surface area contributed by atoms with Crippen molar-refractivity contribution in [3.63, 3.8) is 0 Å². The fraction of sp³-hybridized carbons (Fsp3) is 0.133. The van der Waals surface area contributed by atoms with Crippen molar-refractivity contribution in [2.45, 2.75) is 13.0 Å². The van der Waals surface area contributed by atoms with Crippen LogP contribution in [0.4, 0.5) is 5.13 Å². The average Bonchev–Trinajstić information content (AvgIpc) is 3.23. The number of hydrogen-bond donors (Lipinski definition) is 3. The van der Waals surface area contributed by atoms with Crippen LogP contribution in [-0.2, 0) is 17.8 Å². The molecule has 0 bridgehead atoms. The first-order valence-electron chi connectivity index (χ1n) is 7.33. The molecule has 3 rings (SSSR count). The summed E-state index contributed by atoms with van der Waals surface area (Å²) in [7, 11) is 0. The minimum Gasteiger partial charge on any atom is -0.467 e. The molecule has 0 spiro atoms. The van der Waals surface area contributed by atoms with Crippen LogP contribution in [0.15, 0.2) is 44.0 Å². The van der Waals surface area contributed by atoms with Crippen LogP contribution in [0.3, 0.4) is 0 Å². The quantitative estimate of drug-likeness (QED) is 0.547. The summed E-state index contributed by atoms with van der Waals surface area (Å²) in [6, 6.07) is 3.23. The van der Waals surface area contributed by atoms with Gasteiger partial charge in [-0.25, -0.2) is 9.78 Å². The maximum Gasteiger partial charge on any atom is 0.328 e. The van der Waals surface area contributed by atoms with E-state index in [4.69, 9.17) is 10.2 Å². The largest absolute Gasteiger partial charge is 0.467 e. The van der Waals surface area contributed by atoms with Crippen molar-refractivity contribution in [1.29, 1.82) is 0 Å². The lowest BCUT2D eigenvalue weighted by Gasteiger charge is -2.05. The molecule has 4 N–H and O–H groups in total. The van der Waals surface area contributed by atoms with Crippen LogP contribution in [0.25, 0.3) is 0 Å². The van der Waals surface area contributed by atoms with Crippen LogP contribution in [0, 0.1) is 0 Å². The number of thiazole rings is 1. The molecule has 0 aliphatic heterocycles. The van der Waals surface area contributed by atoms with Gasteiger partial charge in [0.05, 0.1) is 24.9 Å². The van der Waals surface area contributed by atoms with E-state index in [-0.39, 0.29) is 23.7 Å². The molecule has 0 aliphatic carbocycles. The number of aromatic nitrogens is 3. The Hall–Kier alpha value is -3.47. The Morgan fingerprint density at radius 1 is 1.38 bits per heavy atom. The minimum absolute atomic E-state index is 0.0546. The number of carbonyl (C=O) groups excluding carboxylic acids is 2. The summed E-state index contributed by atoms with van der Waals surface area (Å²) in [4.78, 5) is 53.9. The van der Waals surface area contributed by atoms with E-state index in [1.54, 1.807) is 17.5 Å². The molecule has 3 aromatic rings. The number of amides is 2. The number of primary amides is 1. The Morgan fingerprint density at radius 3 is 2.88 bits per heavy atom. The van der Waals surface area contributed by atoms with Gasteiger partial charge in [0.1, 0.15) is 11.3 Å². The molecule has 0 fully saturated rings. The standard InChI is InChI=1S/C15H13N5O5S/c16-11(21)4-8-7-26-14(18-8)19-12(22)10-5-17-15(24)20(13(10)23)6-9-2-1-3-25-9/h1-3,5,7H,4,6H2,(H2,16,21)(H,17,24)(H,18,19,22). The lowest BCUT2D eigenvalue weighted by Crippen LogP contribution is -2.39. The van der Waals surface area contributed by atoms with Crippen molar-refractivity contribution < 1.29 is 14.0 Å². The third kappa shape index (κ3) is 3.78. The van der Waals surface area contributed by atoms with Gasteiger partial charge in [-0.15, -0.1) is 11.3 Å². The van der Waals surface area contributed by atoms with Gasteiger partial charge in [0.15, 0.2) is 5.13 Å². The number of rotatable bonds is 6. The Balaban J connectivity index is 1.83. The van der Waals surface area contributed by atoms with Gasteiger partial charge < -0.3 is 15.1 Å². The van der Waals surface area contributed by atoms with Gasteiger partial charge in [-0.05, 0) is 12.1 Å². The zero-order valence-electron chi connectivity index (χ0n) is 13.2. The van der Waals surface area contributed by atoms with E-state index >= 15 is 0 Å². The average molecular weight is 375 g/mol. The number of furan rings is 1. The second-order valence-electron chi connectivity index (χ2n) is 5.22. The van der Waals surface area contributed by atoms with E-state index in [1.807, 2.05) is 0 Å². The fourth-order valence-electron chi connectivity index (χ4n) is 2.16. The van der Waals surface area contributed by atoms with Crippen molar-refractivity contribution in [2.24, 2.45) is 5.73 Å². The highest BCUT2D eigenvalue weighted by molar-refractivity contribution is 7.14. The summed E-state index contributed by atoms with van der Waals surface area (Å²) in [5, 5.41) is 4.23. The van der Waals surface area contributed by atoms with E-state index in [0.717, 1.165) is 22.1 Å². The van der Waals surface area contributed by atoms with Crippen molar-refractivity contribution in [3.05, 3.63) is 67.8 Å². The van der Waals surface area contributed by atoms with Crippen LogP contribution in [-0.4, -0.2) is 26.3 Å². The lowest BCUT2D eigenvalue weighted by atomic mass is 10.3. The molecule has 0 atom stereocenters.